The molecule has 0 aliphatic carbocycles. The minimum atomic E-state index is -3.75. The standard InChI is InChI=1S/C22H22N2O3S2/c1-15-10-12-19(13-11-15)29(26,27)24-21-9-5-8-20(16(21)2)22(25)23-17-6-4-7-18(14-17)28-3/h4-14,24H,1-3H3,(H,23,25). The van der Waals surface area contributed by atoms with E-state index in [0.717, 1.165) is 10.5 Å². The molecule has 2 N–H and O–H groups in total. The molecule has 0 aromatic heterocycles. The second kappa shape index (κ2) is 8.71. The predicted molar refractivity (Wildman–Crippen MR) is 119 cm³/mol. The molecule has 0 bridgehead atoms. The van der Waals surface area contributed by atoms with Crippen molar-refractivity contribution in [3.05, 3.63) is 83.4 Å². The Morgan fingerprint density at radius 3 is 2.31 bits per heavy atom. The molecule has 0 atom stereocenters. The molecule has 5 nitrogen and oxygen atoms in total. The second-order valence-electron chi connectivity index (χ2n) is 6.58. The number of aryl methyl sites for hydroxylation is 1. The van der Waals surface area contributed by atoms with Crippen LogP contribution in [0.5, 0.6) is 0 Å². The average molecular weight is 427 g/mol. The van der Waals surface area contributed by atoms with Gasteiger partial charge in [0, 0.05) is 16.1 Å². The molecule has 3 rings (SSSR count). The number of amides is 1. The van der Waals surface area contributed by atoms with E-state index in [1.165, 1.54) is 0 Å². The van der Waals surface area contributed by atoms with Gasteiger partial charge in [0.1, 0.15) is 0 Å². The van der Waals surface area contributed by atoms with Gasteiger partial charge in [0.05, 0.1) is 10.6 Å². The molecule has 0 aliphatic heterocycles. The number of benzene rings is 3. The molecule has 29 heavy (non-hydrogen) atoms. The fourth-order valence-corrected chi connectivity index (χ4v) is 4.39. The second-order valence-corrected chi connectivity index (χ2v) is 9.14. The topological polar surface area (TPSA) is 75.3 Å². The van der Waals surface area contributed by atoms with Crippen molar-refractivity contribution in [2.75, 3.05) is 16.3 Å². The number of hydrogen-bond acceptors (Lipinski definition) is 4. The van der Waals surface area contributed by atoms with Crippen molar-refractivity contribution in [3.63, 3.8) is 0 Å². The minimum absolute atomic E-state index is 0.172. The number of thioether (sulfide) groups is 1. The first-order valence-electron chi connectivity index (χ1n) is 8.94. The van der Waals surface area contributed by atoms with Crippen molar-refractivity contribution in [2.24, 2.45) is 0 Å². The van der Waals surface area contributed by atoms with E-state index >= 15 is 0 Å². The molecule has 0 saturated carbocycles. The normalized spacial score (nSPS) is 11.1. The highest BCUT2D eigenvalue weighted by molar-refractivity contribution is 7.98. The summed E-state index contributed by atoms with van der Waals surface area (Å²) >= 11 is 1.59. The Morgan fingerprint density at radius 1 is 0.931 bits per heavy atom. The van der Waals surface area contributed by atoms with Crippen LogP contribution in [0.1, 0.15) is 21.5 Å². The van der Waals surface area contributed by atoms with Gasteiger partial charge in [-0.1, -0.05) is 29.8 Å². The van der Waals surface area contributed by atoms with Gasteiger partial charge >= 0.3 is 0 Å². The van der Waals surface area contributed by atoms with E-state index in [9.17, 15) is 13.2 Å². The molecular weight excluding hydrogens is 404 g/mol. The maximum atomic E-state index is 12.8. The zero-order valence-corrected chi connectivity index (χ0v) is 18.0. The Bertz CT molecular complexity index is 1140. The predicted octanol–water partition coefficient (Wildman–Crippen LogP) is 5.08. The van der Waals surface area contributed by atoms with Gasteiger partial charge in [0.25, 0.3) is 15.9 Å². The summed E-state index contributed by atoms with van der Waals surface area (Å²) in [5.74, 6) is -0.294. The zero-order chi connectivity index (χ0) is 21.0. The van der Waals surface area contributed by atoms with Crippen LogP contribution >= 0.6 is 11.8 Å². The Labute approximate surface area is 175 Å². The smallest absolute Gasteiger partial charge is 0.261 e. The molecule has 3 aromatic carbocycles. The van der Waals surface area contributed by atoms with Crippen molar-refractivity contribution in [3.8, 4) is 0 Å². The number of sulfonamides is 1. The highest BCUT2D eigenvalue weighted by Crippen LogP contribution is 2.24. The quantitative estimate of drug-likeness (QED) is 0.539. The van der Waals surface area contributed by atoms with E-state index in [4.69, 9.17) is 0 Å². The fraction of sp³-hybridized carbons (Fsp3) is 0.136. The molecule has 3 aromatic rings. The molecule has 0 spiro atoms. The number of anilines is 2. The monoisotopic (exact) mass is 426 g/mol. The van der Waals surface area contributed by atoms with Gasteiger partial charge in [-0.15, -0.1) is 11.8 Å². The number of carbonyl (C=O) groups excluding carboxylic acids is 1. The Hall–Kier alpha value is -2.77. The number of carbonyl (C=O) groups is 1. The average Bonchev–Trinajstić information content (AvgIpc) is 2.70. The SMILES string of the molecule is CSc1cccc(NC(=O)c2cccc(NS(=O)(=O)c3ccc(C)cc3)c2C)c1. The van der Waals surface area contributed by atoms with Gasteiger partial charge < -0.3 is 5.32 Å². The van der Waals surface area contributed by atoms with Crippen LogP contribution in [0.2, 0.25) is 0 Å². The van der Waals surface area contributed by atoms with Crippen molar-refractivity contribution >= 4 is 39.1 Å². The van der Waals surface area contributed by atoms with Gasteiger partial charge in [0.2, 0.25) is 0 Å². The molecular formula is C22H22N2O3S2. The molecule has 0 aliphatic rings. The van der Waals surface area contributed by atoms with Gasteiger partial charge in [-0.25, -0.2) is 8.42 Å². The molecule has 150 valence electrons. The van der Waals surface area contributed by atoms with Crippen LogP contribution in [0.15, 0.2) is 76.5 Å². The summed E-state index contributed by atoms with van der Waals surface area (Å²) in [5.41, 5.74) is 3.00. The fourth-order valence-electron chi connectivity index (χ4n) is 2.81. The van der Waals surface area contributed by atoms with Crippen LogP contribution < -0.4 is 10.0 Å². The van der Waals surface area contributed by atoms with E-state index in [0.29, 0.717) is 22.5 Å². The highest BCUT2D eigenvalue weighted by Gasteiger charge is 2.18. The van der Waals surface area contributed by atoms with E-state index in [2.05, 4.69) is 10.0 Å². The zero-order valence-electron chi connectivity index (χ0n) is 16.4. The first kappa shape index (κ1) is 21.0. The Balaban J connectivity index is 1.85. The summed E-state index contributed by atoms with van der Waals surface area (Å²) in [6, 6.07) is 19.1. The van der Waals surface area contributed by atoms with Crippen LogP contribution in [0.3, 0.4) is 0 Å². The summed E-state index contributed by atoms with van der Waals surface area (Å²) in [7, 11) is -3.75. The summed E-state index contributed by atoms with van der Waals surface area (Å²) in [5, 5.41) is 2.87. The third-order valence-corrected chi connectivity index (χ3v) is 6.59. The molecule has 0 saturated heterocycles. The van der Waals surface area contributed by atoms with E-state index in [1.54, 1.807) is 61.2 Å². The van der Waals surface area contributed by atoms with Gasteiger partial charge in [-0.3, -0.25) is 9.52 Å². The lowest BCUT2D eigenvalue weighted by atomic mass is 10.1. The number of rotatable bonds is 6. The van der Waals surface area contributed by atoms with E-state index in [1.807, 2.05) is 37.4 Å². The Morgan fingerprint density at radius 2 is 1.62 bits per heavy atom. The summed E-state index contributed by atoms with van der Waals surface area (Å²) < 4.78 is 28.0. The lowest BCUT2D eigenvalue weighted by Crippen LogP contribution is -2.17. The van der Waals surface area contributed by atoms with Gasteiger partial charge in [-0.2, -0.15) is 0 Å². The van der Waals surface area contributed by atoms with E-state index < -0.39 is 10.0 Å². The van der Waals surface area contributed by atoms with Crippen molar-refractivity contribution in [1.29, 1.82) is 0 Å². The molecule has 0 heterocycles. The maximum absolute atomic E-state index is 12.8. The van der Waals surface area contributed by atoms with Crippen molar-refractivity contribution in [1.82, 2.24) is 0 Å². The molecule has 1 amide bonds. The Kier molecular flexibility index (Phi) is 6.30. The maximum Gasteiger partial charge on any atom is 0.261 e. The first-order valence-corrected chi connectivity index (χ1v) is 11.7. The van der Waals surface area contributed by atoms with Crippen LogP contribution in [0.4, 0.5) is 11.4 Å². The number of hydrogen-bond donors (Lipinski definition) is 2. The minimum Gasteiger partial charge on any atom is -0.322 e. The third-order valence-electron chi connectivity index (χ3n) is 4.48. The first-order chi connectivity index (χ1) is 13.8. The molecule has 7 heteroatoms. The lowest BCUT2D eigenvalue weighted by Gasteiger charge is -2.14. The molecule has 0 fully saturated rings. The van der Waals surface area contributed by atoms with Crippen LogP contribution in [-0.4, -0.2) is 20.6 Å². The van der Waals surface area contributed by atoms with Crippen LogP contribution in [0, 0.1) is 13.8 Å². The molecule has 0 radical (unpaired) electrons. The summed E-state index contributed by atoms with van der Waals surface area (Å²) in [6.45, 7) is 3.62. The third kappa shape index (κ3) is 4.99. The largest absolute Gasteiger partial charge is 0.322 e. The summed E-state index contributed by atoms with van der Waals surface area (Å²) in [6.07, 6.45) is 1.97. The highest BCUT2D eigenvalue weighted by atomic mass is 32.2. The van der Waals surface area contributed by atoms with E-state index in [-0.39, 0.29) is 10.8 Å². The lowest BCUT2D eigenvalue weighted by molar-refractivity contribution is 0.102. The van der Waals surface area contributed by atoms with Crippen LogP contribution in [-0.2, 0) is 10.0 Å². The van der Waals surface area contributed by atoms with Gasteiger partial charge in [-0.05, 0) is 68.1 Å². The summed E-state index contributed by atoms with van der Waals surface area (Å²) in [4.78, 5) is 14.0. The van der Waals surface area contributed by atoms with Crippen molar-refractivity contribution in [2.45, 2.75) is 23.6 Å². The van der Waals surface area contributed by atoms with Crippen LogP contribution in [0.25, 0.3) is 0 Å². The molecule has 0 unspecified atom stereocenters. The van der Waals surface area contributed by atoms with Crippen molar-refractivity contribution < 1.29 is 13.2 Å². The van der Waals surface area contributed by atoms with Gasteiger partial charge in [0.15, 0.2) is 0 Å². The number of nitrogens with one attached hydrogen (secondary N) is 2.